The molecule has 2 unspecified atom stereocenters. The van der Waals surface area contributed by atoms with E-state index < -0.39 is 11.1 Å². The number of hydrogen-bond donors (Lipinski definition) is 1. The number of hydrogen-bond acceptors (Lipinski definition) is 4. The van der Waals surface area contributed by atoms with Crippen LogP contribution in [-0.4, -0.2) is 40.6 Å². The van der Waals surface area contributed by atoms with Crippen LogP contribution < -0.4 is 5.32 Å². The van der Waals surface area contributed by atoms with Gasteiger partial charge < -0.3 is 15.0 Å². The summed E-state index contributed by atoms with van der Waals surface area (Å²) in [6.45, 7) is 14.8. The summed E-state index contributed by atoms with van der Waals surface area (Å²) in [5, 5.41) is 3.19. The number of rotatable bonds is 3. The summed E-state index contributed by atoms with van der Waals surface area (Å²) in [5.74, 6) is 0.539. The normalized spacial score (nSPS) is 24.4. The summed E-state index contributed by atoms with van der Waals surface area (Å²) in [4.78, 5) is 31.1. The molecule has 1 aliphatic carbocycles. The van der Waals surface area contributed by atoms with Crippen molar-refractivity contribution in [1.82, 2.24) is 15.2 Å². The lowest BCUT2D eigenvalue weighted by molar-refractivity contribution is -0.125. The van der Waals surface area contributed by atoms with E-state index in [9.17, 15) is 9.59 Å². The Morgan fingerprint density at radius 2 is 1.74 bits per heavy atom. The second kappa shape index (κ2) is 6.50. The number of ether oxygens (including phenoxy) is 1. The number of nitrogens with one attached hydrogen (secondary N) is 1. The number of nitrogens with zero attached hydrogens (tertiary/aromatic N) is 2. The van der Waals surface area contributed by atoms with Gasteiger partial charge in [0.1, 0.15) is 5.60 Å². The summed E-state index contributed by atoms with van der Waals surface area (Å²) in [6, 6.07) is 2.04. The lowest BCUT2D eigenvalue weighted by Gasteiger charge is -2.29. The molecule has 1 aromatic heterocycles. The van der Waals surface area contributed by atoms with Crippen molar-refractivity contribution in [2.75, 3.05) is 13.1 Å². The minimum atomic E-state index is -0.495. The van der Waals surface area contributed by atoms with Crippen LogP contribution in [0.15, 0.2) is 12.3 Å². The van der Waals surface area contributed by atoms with Crippen LogP contribution in [0.3, 0.4) is 0 Å². The molecular formula is C21H31N3O3. The zero-order valence-corrected chi connectivity index (χ0v) is 17.4. The fourth-order valence-electron chi connectivity index (χ4n) is 4.20. The highest BCUT2D eigenvalue weighted by Gasteiger charge is 2.61. The Hall–Kier alpha value is -2.11. The van der Waals surface area contributed by atoms with Crippen molar-refractivity contribution < 1.29 is 14.3 Å². The van der Waals surface area contributed by atoms with Crippen LogP contribution in [0, 0.1) is 31.6 Å². The molecule has 1 aromatic rings. The number of carbonyl (C=O) groups excluding carboxylic acids is 2. The third kappa shape index (κ3) is 4.09. The summed E-state index contributed by atoms with van der Waals surface area (Å²) in [5.41, 5.74) is 2.15. The molecule has 6 heteroatoms. The molecule has 0 spiro atoms. The molecule has 3 rings (SSSR count). The average molecular weight is 373 g/mol. The van der Waals surface area contributed by atoms with Gasteiger partial charge in [-0.15, -0.1) is 0 Å². The molecular weight excluding hydrogens is 342 g/mol. The Labute approximate surface area is 161 Å². The summed E-state index contributed by atoms with van der Waals surface area (Å²) < 4.78 is 5.43. The van der Waals surface area contributed by atoms with E-state index in [4.69, 9.17) is 4.74 Å². The summed E-state index contributed by atoms with van der Waals surface area (Å²) >= 11 is 0. The maximum atomic E-state index is 12.8. The van der Waals surface area contributed by atoms with Gasteiger partial charge >= 0.3 is 6.09 Å². The largest absolute Gasteiger partial charge is 0.444 e. The lowest BCUT2D eigenvalue weighted by Crippen LogP contribution is -2.44. The minimum absolute atomic E-state index is 0.0123. The predicted molar refractivity (Wildman–Crippen MR) is 103 cm³/mol. The van der Waals surface area contributed by atoms with Crippen LogP contribution in [0.1, 0.15) is 51.4 Å². The first kappa shape index (κ1) is 19.6. The van der Waals surface area contributed by atoms with Crippen molar-refractivity contribution in [2.24, 2.45) is 17.8 Å². The predicted octanol–water partition coefficient (Wildman–Crippen LogP) is 3.16. The van der Waals surface area contributed by atoms with Gasteiger partial charge in [-0.2, -0.15) is 0 Å². The van der Waals surface area contributed by atoms with Gasteiger partial charge in [0.2, 0.25) is 5.91 Å². The fraction of sp³-hybridized carbons (Fsp3) is 0.667. The third-order valence-corrected chi connectivity index (χ3v) is 5.51. The van der Waals surface area contributed by atoms with E-state index in [1.165, 1.54) is 0 Å². The Balaban J connectivity index is 1.58. The minimum Gasteiger partial charge on any atom is -0.444 e. The van der Waals surface area contributed by atoms with E-state index in [1.807, 2.05) is 60.7 Å². The molecule has 0 radical (unpaired) electrons. The van der Waals surface area contributed by atoms with Gasteiger partial charge in [-0.3, -0.25) is 9.78 Å². The van der Waals surface area contributed by atoms with Crippen LogP contribution in [0.2, 0.25) is 0 Å². The molecule has 1 saturated heterocycles. The number of carbonyl (C=O) groups is 2. The number of fused-ring (bicyclic) bond motifs is 1. The number of amides is 2. The maximum Gasteiger partial charge on any atom is 0.410 e. The van der Waals surface area contributed by atoms with Gasteiger partial charge in [-0.25, -0.2) is 4.79 Å². The van der Waals surface area contributed by atoms with Crippen LogP contribution in [0.4, 0.5) is 4.79 Å². The molecule has 0 aromatic carbocycles. The third-order valence-electron chi connectivity index (χ3n) is 5.51. The Morgan fingerprint density at radius 3 is 2.26 bits per heavy atom. The van der Waals surface area contributed by atoms with Crippen LogP contribution >= 0.6 is 0 Å². The second-order valence-electron chi connectivity index (χ2n) is 9.49. The molecule has 6 nitrogen and oxygen atoms in total. The van der Waals surface area contributed by atoms with E-state index in [0.717, 1.165) is 16.8 Å². The molecule has 1 saturated carbocycles. The van der Waals surface area contributed by atoms with Crippen molar-refractivity contribution in [3.63, 3.8) is 0 Å². The van der Waals surface area contributed by atoms with Crippen molar-refractivity contribution in [3.8, 4) is 0 Å². The zero-order chi connectivity index (χ0) is 20.1. The van der Waals surface area contributed by atoms with E-state index >= 15 is 0 Å². The van der Waals surface area contributed by atoms with Gasteiger partial charge in [0.15, 0.2) is 0 Å². The fourth-order valence-corrected chi connectivity index (χ4v) is 4.20. The van der Waals surface area contributed by atoms with E-state index in [-0.39, 0.29) is 29.8 Å². The summed E-state index contributed by atoms with van der Waals surface area (Å²) in [7, 11) is 0. The first-order chi connectivity index (χ1) is 12.4. The van der Waals surface area contributed by atoms with Crippen LogP contribution in [0.5, 0.6) is 0 Å². The summed E-state index contributed by atoms with van der Waals surface area (Å²) in [6.07, 6.45) is 1.57. The van der Waals surface area contributed by atoms with Crippen molar-refractivity contribution in [3.05, 3.63) is 29.1 Å². The first-order valence-corrected chi connectivity index (χ1v) is 9.63. The molecule has 2 heterocycles. The van der Waals surface area contributed by atoms with Crippen molar-refractivity contribution in [1.29, 1.82) is 0 Å². The lowest BCUT2D eigenvalue weighted by atomic mass is 9.91. The topological polar surface area (TPSA) is 71.5 Å². The van der Waals surface area contributed by atoms with Crippen LogP contribution in [-0.2, 0) is 15.1 Å². The number of pyridine rings is 1. The standard InChI is InChI=1S/C21H31N3O3/c1-12-8-13(2)22-9-16(12)21(6,7)23-18(25)17-14-10-24(11-15(14)17)19(26)27-20(3,4)5/h8-9,14-15,17H,10-11H2,1-7H3,(H,23,25). The smallest absolute Gasteiger partial charge is 0.410 e. The number of aromatic nitrogens is 1. The van der Waals surface area contributed by atoms with E-state index in [0.29, 0.717) is 13.1 Å². The van der Waals surface area contributed by atoms with Gasteiger partial charge in [0, 0.05) is 30.9 Å². The molecule has 27 heavy (non-hydrogen) atoms. The van der Waals surface area contributed by atoms with E-state index in [1.54, 1.807) is 4.90 Å². The molecule has 1 aliphatic heterocycles. The number of likely N-dealkylation sites (tertiary alicyclic amines) is 1. The molecule has 1 N–H and O–H groups in total. The molecule has 2 fully saturated rings. The molecule has 148 valence electrons. The van der Waals surface area contributed by atoms with E-state index in [2.05, 4.69) is 10.3 Å². The highest BCUT2D eigenvalue weighted by Crippen LogP contribution is 2.52. The quantitative estimate of drug-likeness (QED) is 0.883. The van der Waals surface area contributed by atoms with Gasteiger partial charge in [-0.05, 0) is 77.5 Å². The van der Waals surface area contributed by atoms with Crippen LogP contribution in [0.25, 0.3) is 0 Å². The SMILES string of the molecule is Cc1cc(C)c(C(C)(C)NC(=O)C2C3CN(C(=O)OC(C)(C)C)CC32)cn1. The molecule has 0 bridgehead atoms. The highest BCUT2D eigenvalue weighted by molar-refractivity contribution is 5.84. The maximum absolute atomic E-state index is 12.8. The Morgan fingerprint density at radius 1 is 1.15 bits per heavy atom. The van der Waals surface area contributed by atoms with Crippen molar-refractivity contribution in [2.45, 2.75) is 59.6 Å². The molecule has 2 amide bonds. The van der Waals surface area contributed by atoms with Gasteiger partial charge in [-0.1, -0.05) is 0 Å². The van der Waals surface area contributed by atoms with Crippen molar-refractivity contribution >= 4 is 12.0 Å². The monoisotopic (exact) mass is 373 g/mol. The van der Waals surface area contributed by atoms with Gasteiger partial charge in [0.05, 0.1) is 5.54 Å². The Kier molecular flexibility index (Phi) is 4.73. The number of piperidine rings is 1. The molecule has 2 atom stereocenters. The second-order valence-corrected chi connectivity index (χ2v) is 9.49. The molecule has 2 aliphatic rings. The zero-order valence-electron chi connectivity index (χ0n) is 17.4. The first-order valence-electron chi connectivity index (χ1n) is 9.63. The average Bonchev–Trinajstić information content (AvgIpc) is 2.99. The Bertz CT molecular complexity index is 754. The number of aryl methyl sites for hydroxylation is 2. The highest BCUT2D eigenvalue weighted by atomic mass is 16.6. The van der Waals surface area contributed by atoms with Gasteiger partial charge in [0.25, 0.3) is 0 Å².